The molecule has 1 unspecified atom stereocenters. The maximum Gasteiger partial charge on any atom is 0.469 e. The fraction of sp³-hybridized carbons (Fsp3) is 0.600. The van der Waals surface area contributed by atoms with Gasteiger partial charge in [-0.15, -0.1) is 0 Å². The fourth-order valence-electron chi connectivity index (χ4n) is 1.41. The smallest absolute Gasteiger partial charge is 0.382 e. The number of ether oxygens (including phenoxy) is 2. The molecule has 0 radical (unpaired) electrons. The topological polar surface area (TPSA) is 85.2 Å². The van der Waals surface area contributed by atoms with Crippen molar-refractivity contribution in [2.24, 2.45) is 0 Å². The average molecular weight is 340 g/mol. The summed E-state index contributed by atoms with van der Waals surface area (Å²) >= 11 is 0. The lowest BCUT2D eigenvalue weighted by atomic mass is 10.1. The van der Waals surface area contributed by atoms with Crippen molar-refractivity contribution in [3.63, 3.8) is 0 Å². The van der Waals surface area contributed by atoms with Gasteiger partial charge in [0.1, 0.15) is 6.10 Å². The highest BCUT2D eigenvalue weighted by atomic mass is 31.2. The van der Waals surface area contributed by atoms with Crippen LogP contribution < -0.4 is 0 Å². The SMILES string of the molecule is C.C.C.C.COCC(OCCOP(=O)(O)O)c1ccccc1. The molecule has 0 aliphatic heterocycles. The molecule has 0 fully saturated rings. The minimum absolute atomic E-state index is 0. The van der Waals surface area contributed by atoms with Gasteiger partial charge in [-0.2, -0.15) is 0 Å². The first-order valence-corrected chi connectivity index (χ1v) is 6.91. The first kappa shape index (κ1) is 29.3. The van der Waals surface area contributed by atoms with E-state index in [9.17, 15) is 4.57 Å². The van der Waals surface area contributed by atoms with Crippen LogP contribution in [0.1, 0.15) is 41.4 Å². The molecule has 0 saturated heterocycles. The Morgan fingerprint density at radius 1 is 1.05 bits per heavy atom. The summed E-state index contributed by atoms with van der Waals surface area (Å²) in [4.78, 5) is 17.0. The minimum Gasteiger partial charge on any atom is -0.382 e. The van der Waals surface area contributed by atoms with Gasteiger partial charge in [-0.25, -0.2) is 4.57 Å². The summed E-state index contributed by atoms with van der Waals surface area (Å²) in [5.41, 5.74) is 0.940. The molecule has 0 bridgehead atoms. The third-order valence-corrected chi connectivity index (χ3v) is 2.67. The molecule has 0 aromatic heterocycles. The van der Waals surface area contributed by atoms with Crippen LogP contribution in [0.3, 0.4) is 0 Å². The fourth-order valence-corrected chi connectivity index (χ4v) is 1.72. The molecule has 6 nitrogen and oxygen atoms in total. The number of hydrogen-bond acceptors (Lipinski definition) is 4. The van der Waals surface area contributed by atoms with Gasteiger partial charge < -0.3 is 19.3 Å². The van der Waals surface area contributed by atoms with Gasteiger partial charge in [0.25, 0.3) is 0 Å². The highest BCUT2D eigenvalue weighted by Gasteiger charge is 2.15. The van der Waals surface area contributed by atoms with Gasteiger partial charge in [-0.3, -0.25) is 4.52 Å². The Morgan fingerprint density at radius 2 is 1.59 bits per heavy atom. The lowest BCUT2D eigenvalue weighted by Gasteiger charge is -2.17. The molecule has 1 aromatic carbocycles. The summed E-state index contributed by atoms with van der Waals surface area (Å²) < 4.78 is 25.3. The Balaban J connectivity index is -0.000000405. The zero-order valence-corrected chi connectivity index (χ0v) is 11.0. The predicted molar refractivity (Wildman–Crippen MR) is 91.9 cm³/mol. The summed E-state index contributed by atoms with van der Waals surface area (Å²) in [6.45, 7) is 0.269. The van der Waals surface area contributed by atoms with E-state index < -0.39 is 7.82 Å². The van der Waals surface area contributed by atoms with Gasteiger partial charge in [0.15, 0.2) is 0 Å². The number of benzene rings is 1. The predicted octanol–water partition coefficient (Wildman–Crippen LogP) is 4.04. The van der Waals surface area contributed by atoms with Crippen molar-refractivity contribution in [1.29, 1.82) is 0 Å². The molecule has 2 N–H and O–H groups in total. The van der Waals surface area contributed by atoms with Crippen molar-refractivity contribution < 1.29 is 28.3 Å². The maximum atomic E-state index is 10.5. The second-order valence-corrected chi connectivity index (χ2v) is 4.79. The van der Waals surface area contributed by atoms with Crippen LogP contribution in [0.2, 0.25) is 0 Å². The van der Waals surface area contributed by atoms with E-state index in [0.717, 1.165) is 5.56 Å². The van der Waals surface area contributed by atoms with E-state index in [2.05, 4.69) is 4.52 Å². The van der Waals surface area contributed by atoms with Crippen LogP contribution in [0.25, 0.3) is 0 Å². The van der Waals surface area contributed by atoms with Crippen molar-refractivity contribution in [3.05, 3.63) is 35.9 Å². The average Bonchev–Trinajstić information content (AvgIpc) is 2.33. The molecule has 0 saturated carbocycles. The Bertz CT molecular complexity index is 379. The second-order valence-electron chi connectivity index (χ2n) is 3.55. The molecule has 1 rings (SSSR count). The molecule has 0 heterocycles. The van der Waals surface area contributed by atoms with E-state index in [0.29, 0.717) is 6.61 Å². The van der Waals surface area contributed by atoms with Crippen LogP contribution >= 0.6 is 7.82 Å². The van der Waals surface area contributed by atoms with Crippen LogP contribution in [0.15, 0.2) is 30.3 Å². The zero-order chi connectivity index (χ0) is 13.4. The summed E-state index contributed by atoms with van der Waals surface area (Å²) in [6, 6.07) is 9.45. The molecule has 1 atom stereocenters. The van der Waals surface area contributed by atoms with E-state index in [1.165, 1.54) is 0 Å². The molecule has 0 amide bonds. The molecule has 134 valence electrons. The molecule has 0 aliphatic carbocycles. The molecular formula is C15H33O6P. The van der Waals surface area contributed by atoms with E-state index in [4.69, 9.17) is 19.3 Å². The Kier molecular flexibility index (Phi) is 20.2. The van der Waals surface area contributed by atoms with Crippen LogP contribution in [0, 0.1) is 0 Å². The quantitative estimate of drug-likeness (QED) is 0.549. The van der Waals surface area contributed by atoms with Gasteiger partial charge in [0.05, 0.1) is 19.8 Å². The number of phosphoric ester groups is 1. The number of hydrogen-bond donors (Lipinski definition) is 2. The molecule has 0 spiro atoms. The Morgan fingerprint density at radius 3 is 2.05 bits per heavy atom. The summed E-state index contributed by atoms with van der Waals surface area (Å²) in [5.74, 6) is 0. The van der Waals surface area contributed by atoms with Crippen molar-refractivity contribution >= 4 is 7.82 Å². The van der Waals surface area contributed by atoms with Crippen LogP contribution in [0.5, 0.6) is 0 Å². The highest BCUT2D eigenvalue weighted by molar-refractivity contribution is 7.46. The molecular weight excluding hydrogens is 307 g/mol. The number of rotatable bonds is 8. The van der Waals surface area contributed by atoms with Crippen LogP contribution in [0.4, 0.5) is 0 Å². The Hall–Kier alpha value is -0.750. The Labute approximate surface area is 135 Å². The maximum absolute atomic E-state index is 10.5. The lowest BCUT2D eigenvalue weighted by molar-refractivity contribution is -0.0168. The van der Waals surface area contributed by atoms with Crippen LogP contribution in [-0.4, -0.2) is 36.7 Å². The third-order valence-electron chi connectivity index (χ3n) is 2.15. The first-order valence-electron chi connectivity index (χ1n) is 5.38. The third kappa shape index (κ3) is 13.0. The van der Waals surface area contributed by atoms with Crippen molar-refractivity contribution in [2.45, 2.75) is 35.8 Å². The van der Waals surface area contributed by atoms with Crippen molar-refractivity contribution in [1.82, 2.24) is 0 Å². The zero-order valence-electron chi connectivity index (χ0n) is 10.1. The van der Waals surface area contributed by atoms with Gasteiger partial charge in [0.2, 0.25) is 0 Å². The van der Waals surface area contributed by atoms with E-state index in [1.54, 1.807) is 7.11 Å². The second kappa shape index (κ2) is 15.2. The summed E-state index contributed by atoms with van der Waals surface area (Å²) in [7, 11) is -2.86. The largest absolute Gasteiger partial charge is 0.469 e. The number of phosphoric acid groups is 1. The van der Waals surface area contributed by atoms with Crippen LogP contribution in [-0.2, 0) is 18.6 Å². The summed E-state index contributed by atoms with van der Waals surface area (Å²) in [6.07, 6.45) is -0.281. The minimum atomic E-state index is -4.42. The molecule has 1 aromatic rings. The standard InChI is InChI=1S/C11H17O6P.4CH4/c1-15-9-11(10-5-3-2-4-6-10)16-7-8-17-18(12,13)14;;;;/h2-6,11H,7-9H2,1H3,(H2,12,13,14);4*1H4. The van der Waals surface area contributed by atoms with Crippen molar-refractivity contribution in [3.8, 4) is 0 Å². The van der Waals surface area contributed by atoms with Crippen molar-refractivity contribution in [2.75, 3.05) is 26.9 Å². The lowest BCUT2D eigenvalue weighted by Crippen LogP contribution is -2.14. The van der Waals surface area contributed by atoms with E-state index in [-0.39, 0.29) is 49.0 Å². The first-order chi connectivity index (χ1) is 8.53. The monoisotopic (exact) mass is 340 g/mol. The van der Waals surface area contributed by atoms with Gasteiger partial charge in [0, 0.05) is 7.11 Å². The van der Waals surface area contributed by atoms with Gasteiger partial charge in [-0.05, 0) is 5.56 Å². The summed E-state index contributed by atoms with van der Waals surface area (Å²) in [5, 5.41) is 0. The number of methoxy groups -OCH3 is 1. The highest BCUT2D eigenvalue weighted by Crippen LogP contribution is 2.35. The van der Waals surface area contributed by atoms with E-state index >= 15 is 0 Å². The van der Waals surface area contributed by atoms with Gasteiger partial charge in [-0.1, -0.05) is 60.0 Å². The molecule has 22 heavy (non-hydrogen) atoms. The molecule has 0 aliphatic rings. The normalized spacial score (nSPS) is 11.0. The van der Waals surface area contributed by atoms with Gasteiger partial charge >= 0.3 is 7.82 Å². The van der Waals surface area contributed by atoms with E-state index in [1.807, 2.05) is 30.3 Å². The molecule has 7 heteroatoms.